The molecular formula is C20H14N8O. The molecule has 5 rings (SSSR count). The van der Waals surface area contributed by atoms with Crippen LogP contribution in [0.25, 0.3) is 28.1 Å². The number of H-pyrrole nitrogens is 1. The highest BCUT2D eigenvalue weighted by atomic mass is 16.1. The molecule has 0 bridgehead atoms. The summed E-state index contributed by atoms with van der Waals surface area (Å²) in [6, 6.07) is 10.8. The molecule has 0 radical (unpaired) electrons. The molecule has 1 aromatic carbocycles. The lowest BCUT2D eigenvalue weighted by molar-refractivity contribution is 0.627. The monoisotopic (exact) mass is 382 g/mol. The summed E-state index contributed by atoms with van der Waals surface area (Å²) in [5, 5.41) is 9.19. The third-order valence-corrected chi connectivity index (χ3v) is 4.89. The minimum Gasteiger partial charge on any atom is -0.303 e. The SMILES string of the molecule is C[C@H](c1cccnc1)n1c(=O)[nH]c2cnc(-n3cnc4ccc(C#N)cc43)nc21. The summed E-state index contributed by atoms with van der Waals surface area (Å²) in [6.07, 6.45) is 6.59. The van der Waals surface area contributed by atoms with Gasteiger partial charge in [0.15, 0.2) is 5.65 Å². The van der Waals surface area contributed by atoms with Crippen LogP contribution in [0.15, 0.2) is 60.0 Å². The molecule has 4 heterocycles. The molecule has 140 valence electrons. The first-order valence-corrected chi connectivity index (χ1v) is 8.90. The first-order valence-electron chi connectivity index (χ1n) is 8.90. The Bertz CT molecular complexity index is 1460. The van der Waals surface area contributed by atoms with Crippen molar-refractivity contribution in [1.29, 1.82) is 5.26 Å². The van der Waals surface area contributed by atoms with E-state index in [1.807, 2.05) is 19.1 Å². The third kappa shape index (κ3) is 2.66. The zero-order valence-corrected chi connectivity index (χ0v) is 15.3. The average molecular weight is 382 g/mol. The standard InChI is InChI=1S/C20H14N8O/c1-12(14-3-2-6-22-9-14)28-18-16(25-20(28)29)10-23-19(26-18)27-11-24-15-5-4-13(8-21)7-17(15)27/h2-7,9-12H,1H3,(H,25,29)/t12-/m1/s1. The van der Waals surface area contributed by atoms with Crippen molar-refractivity contribution in [3.8, 4) is 12.0 Å². The van der Waals surface area contributed by atoms with Gasteiger partial charge in [0.2, 0.25) is 5.95 Å². The van der Waals surface area contributed by atoms with Crippen LogP contribution in [0, 0.1) is 11.3 Å². The highest BCUT2D eigenvalue weighted by Gasteiger charge is 2.18. The van der Waals surface area contributed by atoms with Crippen molar-refractivity contribution in [2.75, 3.05) is 0 Å². The van der Waals surface area contributed by atoms with Gasteiger partial charge in [0.05, 0.1) is 34.9 Å². The number of aromatic amines is 1. The number of aromatic nitrogens is 7. The number of nitriles is 1. The van der Waals surface area contributed by atoms with Crippen molar-refractivity contribution in [3.05, 3.63) is 76.9 Å². The molecule has 1 atom stereocenters. The molecule has 0 spiro atoms. The molecule has 9 heteroatoms. The number of hydrogen-bond donors (Lipinski definition) is 1. The van der Waals surface area contributed by atoms with Gasteiger partial charge in [-0.05, 0) is 36.8 Å². The Morgan fingerprint density at radius 3 is 2.90 bits per heavy atom. The lowest BCUT2D eigenvalue weighted by atomic mass is 10.1. The van der Waals surface area contributed by atoms with E-state index in [1.54, 1.807) is 52.3 Å². The number of pyridine rings is 1. The number of nitrogens with zero attached hydrogens (tertiary/aromatic N) is 7. The van der Waals surface area contributed by atoms with Crippen molar-refractivity contribution < 1.29 is 0 Å². The molecule has 0 aliphatic heterocycles. The fourth-order valence-electron chi connectivity index (χ4n) is 3.39. The predicted molar refractivity (Wildman–Crippen MR) is 106 cm³/mol. The van der Waals surface area contributed by atoms with Crippen LogP contribution in [0.4, 0.5) is 0 Å². The van der Waals surface area contributed by atoms with E-state index < -0.39 is 0 Å². The van der Waals surface area contributed by atoms with Crippen LogP contribution in [-0.4, -0.2) is 34.1 Å². The van der Waals surface area contributed by atoms with Crippen LogP contribution >= 0.6 is 0 Å². The van der Waals surface area contributed by atoms with Gasteiger partial charge in [0.25, 0.3) is 0 Å². The number of hydrogen-bond acceptors (Lipinski definition) is 6. The van der Waals surface area contributed by atoms with E-state index in [0.29, 0.717) is 28.2 Å². The Kier molecular flexibility index (Phi) is 3.70. The molecule has 0 saturated heterocycles. The smallest absolute Gasteiger partial charge is 0.303 e. The zero-order valence-electron chi connectivity index (χ0n) is 15.3. The Labute approximate surface area is 163 Å². The molecule has 0 saturated carbocycles. The van der Waals surface area contributed by atoms with Crippen LogP contribution in [0.5, 0.6) is 0 Å². The van der Waals surface area contributed by atoms with Crippen molar-refractivity contribution in [1.82, 2.24) is 34.1 Å². The maximum Gasteiger partial charge on any atom is 0.328 e. The largest absolute Gasteiger partial charge is 0.328 e. The van der Waals surface area contributed by atoms with Gasteiger partial charge in [-0.3, -0.25) is 14.1 Å². The number of nitrogens with one attached hydrogen (secondary N) is 1. The topological polar surface area (TPSA) is 118 Å². The van der Waals surface area contributed by atoms with Crippen LogP contribution in [-0.2, 0) is 0 Å². The van der Waals surface area contributed by atoms with E-state index in [9.17, 15) is 10.1 Å². The van der Waals surface area contributed by atoms with Gasteiger partial charge in [0.1, 0.15) is 11.8 Å². The number of benzene rings is 1. The molecule has 0 unspecified atom stereocenters. The molecular weight excluding hydrogens is 368 g/mol. The molecule has 29 heavy (non-hydrogen) atoms. The molecule has 0 aliphatic carbocycles. The third-order valence-electron chi connectivity index (χ3n) is 4.89. The van der Waals surface area contributed by atoms with E-state index in [-0.39, 0.29) is 11.7 Å². The van der Waals surface area contributed by atoms with Crippen molar-refractivity contribution in [2.45, 2.75) is 13.0 Å². The fourth-order valence-corrected chi connectivity index (χ4v) is 3.39. The van der Waals surface area contributed by atoms with Crippen molar-refractivity contribution >= 4 is 22.2 Å². The Morgan fingerprint density at radius 1 is 1.21 bits per heavy atom. The lowest BCUT2D eigenvalue weighted by Crippen LogP contribution is -2.21. The molecule has 9 nitrogen and oxygen atoms in total. The summed E-state index contributed by atoms with van der Waals surface area (Å²) >= 11 is 0. The quantitative estimate of drug-likeness (QED) is 0.512. The van der Waals surface area contributed by atoms with Crippen LogP contribution in [0.1, 0.15) is 24.1 Å². The minimum atomic E-state index is -0.273. The lowest BCUT2D eigenvalue weighted by Gasteiger charge is -2.13. The molecule has 0 aliphatic rings. The van der Waals surface area contributed by atoms with E-state index in [4.69, 9.17) is 0 Å². The first kappa shape index (κ1) is 16.8. The maximum atomic E-state index is 12.6. The summed E-state index contributed by atoms with van der Waals surface area (Å²) in [7, 11) is 0. The van der Waals surface area contributed by atoms with E-state index in [0.717, 1.165) is 11.1 Å². The van der Waals surface area contributed by atoms with Gasteiger partial charge in [-0.1, -0.05) is 6.07 Å². The number of imidazole rings is 2. The van der Waals surface area contributed by atoms with Gasteiger partial charge in [0, 0.05) is 12.4 Å². The van der Waals surface area contributed by atoms with E-state index in [1.165, 1.54) is 0 Å². The predicted octanol–water partition coefficient (Wildman–Crippen LogP) is 2.33. The van der Waals surface area contributed by atoms with Crippen molar-refractivity contribution in [3.63, 3.8) is 0 Å². The summed E-state index contributed by atoms with van der Waals surface area (Å²) < 4.78 is 3.28. The highest BCUT2D eigenvalue weighted by molar-refractivity contribution is 5.79. The second kappa shape index (κ2) is 6.38. The molecule has 5 aromatic rings. The summed E-state index contributed by atoms with van der Waals surface area (Å²) in [5.74, 6) is 0.362. The number of fused-ring (bicyclic) bond motifs is 2. The maximum absolute atomic E-state index is 12.6. The van der Waals surface area contributed by atoms with Gasteiger partial charge in [-0.15, -0.1) is 0 Å². The summed E-state index contributed by atoms with van der Waals surface area (Å²) in [5.41, 5.74) is 3.60. The van der Waals surface area contributed by atoms with Crippen LogP contribution < -0.4 is 5.69 Å². The first-order chi connectivity index (χ1) is 14.2. The normalized spacial score (nSPS) is 12.3. The van der Waals surface area contributed by atoms with Gasteiger partial charge in [-0.25, -0.2) is 14.8 Å². The van der Waals surface area contributed by atoms with Gasteiger partial charge >= 0.3 is 5.69 Å². The molecule has 4 aromatic heterocycles. The second-order valence-corrected chi connectivity index (χ2v) is 6.60. The molecule has 0 fully saturated rings. The molecule has 0 amide bonds. The summed E-state index contributed by atoms with van der Waals surface area (Å²) in [4.78, 5) is 32.9. The fraction of sp³-hybridized carbons (Fsp3) is 0.100. The van der Waals surface area contributed by atoms with E-state index in [2.05, 4.69) is 31.0 Å². The highest BCUT2D eigenvalue weighted by Crippen LogP contribution is 2.21. The Hall–Kier alpha value is -4.32. The molecule has 1 N–H and O–H groups in total. The zero-order chi connectivity index (χ0) is 20.0. The van der Waals surface area contributed by atoms with Crippen LogP contribution in [0.2, 0.25) is 0 Å². The second-order valence-electron chi connectivity index (χ2n) is 6.60. The Balaban J connectivity index is 1.70. The van der Waals surface area contributed by atoms with E-state index >= 15 is 0 Å². The summed E-state index contributed by atoms with van der Waals surface area (Å²) in [6.45, 7) is 1.92. The Morgan fingerprint density at radius 2 is 2.10 bits per heavy atom. The van der Waals surface area contributed by atoms with Gasteiger partial charge < -0.3 is 4.98 Å². The van der Waals surface area contributed by atoms with Crippen molar-refractivity contribution in [2.24, 2.45) is 0 Å². The minimum absolute atomic E-state index is 0.266. The number of rotatable bonds is 3. The van der Waals surface area contributed by atoms with Crippen LogP contribution in [0.3, 0.4) is 0 Å². The average Bonchev–Trinajstić information content (AvgIpc) is 3.32. The van der Waals surface area contributed by atoms with Gasteiger partial charge in [-0.2, -0.15) is 10.2 Å².